The minimum atomic E-state index is 0.0942. The highest BCUT2D eigenvalue weighted by molar-refractivity contribution is 5.73. The van der Waals surface area contributed by atoms with E-state index in [0.717, 1.165) is 24.9 Å². The lowest BCUT2D eigenvalue weighted by atomic mass is 9.79. The van der Waals surface area contributed by atoms with Crippen LogP contribution in [-0.4, -0.2) is 36.5 Å². The fourth-order valence-electron chi connectivity index (χ4n) is 3.08. The molecule has 0 spiro atoms. The predicted octanol–water partition coefficient (Wildman–Crippen LogP) is 1.80. The van der Waals surface area contributed by atoms with Crippen LogP contribution in [0.15, 0.2) is 11.6 Å². The third-order valence-electron chi connectivity index (χ3n) is 4.18. The molecule has 96 valence electrons. The molecular weight excluding hydrogens is 212 g/mol. The summed E-state index contributed by atoms with van der Waals surface area (Å²) in [5, 5.41) is 2.97. The topological polar surface area (TPSA) is 32.3 Å². The van der Waals surface area contributed by atoms with Gasteiger partial charge in [0.1, 0.15) is 0 Å². The van der Waals surface area contributed by atoms with E-state index in [2.05, 4.69) is 30.1 Å². The van der Waals surface area contributed by atoms with Gasteiger partial charge >= 0.3 is 0 Å². The van der Waals surface area contributed by atoms with Crippen LogP contribution >= 0.6 is 0 Å². The average Bonchev–Trinajstić information content (AvgIpc) is 2.18. The van der Waals surface area contributed by atoms with Crippen LogP contribution in [0.25, 0.3) is 0 Å². The van der Waals surface area contributed by atoms with Crippen LogP contribution in [-0.2, 0) is 4.79 Å². The van der Waals surface area contributed by atoms with E-state index in [0.29, 0.717) is 6.04 Å². The van der Waals surface area contributed by atoms with Gasteiger partial charge in [-0.3, -0.25) is 9.69 Å². The second kappa shape index (κ2) is 5.21. The van der Waals surface area contributed by atoms with Crippen LogP contribution in [0.1, 0.15) is 33.6 Å². The fourth-order valence-corrected chi connectivity index (χ4v) is 3.08. The van der Waals surface area contributed by atoms with Gasteiger partial charge < -0.3 is 5.32 Å². The molecule has 3 heteroatoms. The van der Waals surface area contributed by atoms with Gasteiger partial charge in [0.2, 0.25) is 5.91 Å². The maximum Gasteiger partial charge on any atom is 0.217 e. The lowest BCUT2D eigenvalue weighted by molar-refractivity contribution is -0.120. The molecule has 0 radical (unpaired) electrons. The van der Waals surface area contributed by atoms with E-state index in [-0.39, 0.29) is 5.91 Å². The molecule has 1 aliphatic carbocycles. The van der Waals surface area contributed by atoms with Crippen LogP contribution in [0.5, 0.6) is 0 Å². The zero-order valence-corrected chi connectivity index (χ0v) is 11.2. The maximum absolute atomic E-state index is 10.9. The van der Waals surface area contributed by atoms with E-state index >= 15 is 0 Å². The highest BCUT2D eigenvalue weighted by atomic mass is 16.1. The van der Waals surface area contributed by atoms with E-state index in [1.807, 2.05) is 0 Å². The molecule has 2 atom stereocenters. The molecule has 2 rings (SSSR count). The van der Waals surface area contributed by atoms with Gasteiger partial charge in [-0.2, -0.15) is 0 Å². The number of nitrogens with zero attached hydrogens (tertiary/aromatic N) is 1. The highest BCUT2D eigenvalue weighted by Gasteiger charge is 2.31. The van der Waals surface area contributed by atoms with Crippen molar-refractivity contribution in [3.05, 3.63) is 11.6 Å². The molecule has 17 heavy (non-hydrogen) atoms. The maximum atomic E-state index is 10.9. The summed E-state index contributed by atoms with van der Waals surface area (Å²) in [6.07, 6.45) is 4.97. The molecule has 0 aromatic carbocycles. The zero-order chi connectivity index (χ0) is 12.4. The first kappa shape index (κ1) is 12.6. The SMILES string of the molecule is CC(=O)NC1CN(CC2C(C)=CCCC2C)C1. The Bertz CT molecular complexity index is 318. The van der Waals surface area contributed by atoms with Crippen molar-refractivity contribution in [2.45, 2.75) is 39.7 Å². The number of carbonyl (C=O) groups excluding carboxylic acids is 1. The van der Waals surface area contributed by atoms with Crippen LogP contribution in [0, 0.1) is 11.8 Å². The van der Waals surface area contributed by atoms with Crippen molar-refractivity contribution in [2.24, 2.45) is 11.8 Å². The van der Waals surface area contributed by atoms with E-state index in [1.165, 1.54) is 19.4 Å². The zero-order valence-electron chi connectivity index (χ0n) is 11.2. The van der Waals surface area contributed by atoms with Crippen LogP contribution in [0.3, 0.4) is 0 Å². The summed E-state index contributed by atoms with van der Waals surface area (Å²) < 4.78 is 0. The van der Waals surface area contributed by atoms with Gasteiger partial charge in [-0.15, -0.1) is 0 Å². The molecule has 1 fully saturated rings. The number of carbonyl (C=O) groups is 1. The van der Waals surface area contributed by atoms with Gasteiger partial charge in [0.15, 0.2) is 0 Å². The van der Waals surface area contributed by atoms with Crippen molar-refractivity contribution in [1.82, 2.24) is 10.2 Å². The number of amides is 1. The molecule has 1 saturated heterocycles. The Morgan fingerprint density at radius 1 is 1.53 bits per heavy atom. The van der Waals surface area contributed by atoms with Gasteiger partial charge in [0, 0.05) is 26.6 Å². The Hall–Kier alpha value is -0.830. The summed E-state index contributed by atoms with van der Waals surface area (Å²) >= 11 is 0. The first-order chi connectivity index (χ1) is 8.06. The van der Waals surface area contributed by atoms with Crippen molar-refractivity contribution >= 4 is 5.91 Å². The third-order valence-corrected chi connectivity index (χ3v) is 4.18. The van der Waals surface area contributed by atoms with E-state index in [9.17, 15) is 4.79 Å². The number of hydrogen-bond acceptors (Lipinski definition) is 2. The summed E-state index contributed by atoms with van der Waals surface area (Å²) in [5.41, 5.74) is 1.56. The second-order valence-electron chi connectivity index (χ2n) is 5.73. The molecule has 2 aliphatic rings. The number of allylic oxidation sites excluding steroid dienone is 1. The minimum Gasteiger partial charge on any atom is -0.351 e. The Balaban J connectivity index is 1.77. The van der Waals surface area contributed by atoms with Gasteiger partial charge in [-0.05, 0) is 31.6 Å². The van der Waals surface area contributed by atoms with E-state index in [1.54, 1.807) is 12.5 Å². The predicted molar refractivity (Wildman–Crippen MR) is 69.7 cm³/mol. The Kier molecular flexibility index (Phi) is 3.87. The molecule has 0 aromatic rings. The molecule has 3 nitrogen and oxygen atoms in total. The highest BCUT2D eigenvalue weighted by Crippen LogP contribution is 2.31. The molecule has 0 saturated carbocycles. The van der Waals surface area contributed by atoms with Crippen molar-refractivity contribution in [1.29, 1.82) is 0 Å². The average molecular weight is 236 g/mol. The molecule has 0 bridgehead atoms. The first-order valence-corrected chi connectivity index (χ1v) is 6.72. The summed E-state index contributed by atoms with van der Waals surface area (Å²) in [6, 6.07) is 0.385. The fraction of sp³-hybridized carbons (Fsp3) is 0.786. The summed E-state index contributed by atoms with van der Waals surface area (Å²) in [7, 11) is 0. The largest absolute Gasteiger partial charge is 0.351 e. The second-order valence-corrected chi connectivity index (χ2v) is 5.73. The number of likely N-dealkylation sites (tertiary alicyclic amines) is 1. The first-order valence-electron chi connectivity index (χ1n) is 6.72. The van der Waals surface area contributed by atoms with E-state index in [4.69, 9.17) is 0 Å². The monoisotopic (exact) mass is 236 g/mol. The molecule has 1 amide bonds. The van der Waals surface area contributed by atoms with Gasteiger partial charge in [0.05, 0.1) is 6.04 Å². The molecule has 0 aromatic heterocycles. The number of nitrogens with one attached hydrogen (secondary N) is 1. The van der Waals surface area contributed by atoms with Gasteiger partial charge in [-0.25, -0.2) is 0 Å². The van der Waals surface area contributed by atoms with E-state index < -0.39 is 0 Å². The molecule has 1 heterocycles. The van der Waals surface area contributed by atoms with Crippen LogP contribution in [0.4, 0.5) is 0 Å². The van der Waals surface area contributed by atoms with Crippen molar-refractivity contribution in [3.8, 4) is 0 Å². The standard InChI is InChI=1S/C14H24N2O/c1-10-5-4-6-11(2)14(10)9-16-7-13(8-16)15-12(3)17/h5,11,13-14H,4,6-9H2,1-3H3,(H,15,17). The van der Waals surface area contributed by atoms with Crippen LogP contribution < -0.4 is 5.32 Å². The molecule has 2 unspecified atom stereocenters. The summed E-state index contributed by atoms with van der Waals surface area (Å²) in [6.45, 7) is 9.45. The molecular formula is C14H24N2O. The summed E-state index contributed by atoms with van der Waals surface area (Å²) in [4.78, 5) is 13.4. The van der Waals surface area contributed by atoms with Gasteiger partial charge in [-0.1, -0.05) is 18.6 Å². The van der Waals surface area contributed by atoms with Crippen molar-refractivity contribution < 1.29 is 4.79 Å². The normalized spacial score (nSPS) is 30.6. The lowest BCUT2D eigenvalue weighted by Crippen LogP contribution is -2.60. The summed E-state index contributed by atoms with van der Waals surface area (Å²) in [5.74, 6) is 1.62. The number of rotatable bonds is 3. The third kappa shape index (κ3) is 3.09. The van der Waals surface area contributed by atoms with Gasteiger partial charge in [0.25, 0.3) is 0 Å². The Labute approximate surface area is 104 Å². The van der Waals surface area contributed by atoms with Crippen molar-refractivity contribution in [2.75, 3.05) is 19.6 Å². The minimum absolute atomic E-state index is 0.0942. The quantitative estimate of drug-likeness (QED) is 0.758. The lowest BCUT2D eigenvalue weighted by Gasteiger charge is -2.43. The molecule has 1 aliphatic heterocycles. The Morgan fingerprint density at radius 3 is 2.82 bits per heavy atom. The Morgan fingerprint density at radius 2 is 2.24 bits per heavy atom. The smallest absolute Gasteiger partial charge is 0.217 e. The molecule has 1 N–H and O–H groups in total. The van der Waals surface area contributed by atoms with Crippen LogP contribution in [0.2, 0.25) is 0 Å². The van der Waals surface area contributed by atoms with Crippen molar-refractivity contribution in [3.63, 3.8) is 0 Å². The number of hydrogen-bond donors (Lipinski definition) is 1.